The predicted molar refractivity (Wildman–Crippen MR) is 138 cm³/mol. The number of alkyl halides is 1. The standard InChI is InChI=1S/C30H33FN2O/c1-22(34-19-16-31)32-25-20-26-28-27(21-25)30(3,24-12-8-5-9-13-24)15-18-33(28)17-14-29(26,2)23-10-6-4-7-11-23/h4-13,20-21,32H,1,14-19H2,2-3H3/t29-,30-/m0/s1. The Hall–Kier alpha value is -3.27. The van der Waals surface area contributed by atoms with Crippen molar-refractivity contribution in [3.8, 4) is 0 Å². The first-order valence-electron chi connectivity index (χ1n) is 12.2. The van der Waals surface area contributed by atoms with Crippen LogP contribution in [0.3, 0.4) is 0 Å². The molecule has 0 spiro atoms. The van der Waals surface area contributed by atoms with E-state index < -0.39 is 6.67 Å². The molecular weight excluding hydrogens is 423 g/mol. The Balaban J connectivity index is 1.71. The van der Waals surface area contributed by atoms with Gasteiger partial charge in [0.2, 0.25) is 0 Å². The van der Waals surface area contributed by atoms with E-state index in [1.807, 2.05) is 0 Å². The molecule has 0 amide bonds. The molecule has 2 aliphatic rings. The number of halogens is 1. The monoisotopic (exact) mass is 456 g/mol. The van der Waals surface area contributed by atoms with Crippen molar-refractivity contribution in [3.05, 3.63) is 108 Å². The highest BCUT2D eigenvalue weighted by Crippen LogP contribution is 2.54. The molecule has 1 N–H and O–H groups in total. The zero-order chi connectivity index (χ0) is 23.8. The lowest BCUT2D eigenvalue weighted by molar-refractivity contribution is 0.193. The predicted octanol–water partition coefficient (Wildman–Crippen LogP) is 6.78. The first-order chi connectivity index (χ1) is 16.5. The third-order valence-corrected chi connectivity index (χ3v) is 7.84. The Morgan fingerprint density at radius 3 is 1.88 bits per heavy atom. The van der Waals surface area contributed by atoms with Gasteiger partial charge in [0.1, 0.15) is 13.3 Å². The smallest absolute Gasteiger partial charge is 0.183 e. The molecule has 3 nitrogen and oxygen atoms in total. The second-order valence-corrected chi connectivity index (χ2v) is 9.89. The highest BCUT2D eigenvalue weighted by atomic mass is 19.1. The van der Waals surface area contributed by atoms with Gasteiger partial charge in [-0.2, -0.15) is 0 Å². The molecule has 0 saturated carbocycles. The van der Waals surface area contributed by atoms with Crippen molar-refractivity contribution in [2.45, 2.75) is 37.5 Å². The number of benzene rings is 3. The fourth-order valence-corrected chi connectivity index (χ4v) is 5.78. The van der Waals surface area contributed by atoms with Crippen molar-refractivity contribution in [3.63, 3.8) is 0 Å². The molecule has 3 aromatic carbocycles. The minimum atomic E-state index is -0.538. The first kappa shape index (κ1) is 22.5. The molecule has 34 heavy (non-hydrogen) atoms. The number of nitrogens with zero attached hydrogens (tertiary/aromatic N) is 1. The number of nitrogens with one attached hydrogen (secondary N) is 1. The fourth-order valence-electron chi connectivity index (χ4n) is 5.78. The number of hydrogen-bond acceptors (Lipinski definition) is 3. The molecule has 2 atom stereocenters. The van der Waals surface area contributed by atoms with E-state index in [0.29, 0.717) is 5.88 Å². The number of anilines is 2. The van der Waals surface area contributed by atoms with Crippen LogP contribution in [0.2, 0.25) is 0 Å². The van der Waals surface area contributed by atoms with Crippen molar-refractivity contribution < 1.29 is 9.13 Å². The van der Waals surface area contributed by atoms with Gasteiger partial charge < -0.3 is 15.0 Å². The van der Waals surface area contributed by atoms with Crippen LogP contribution in [0.5, 0.6) is 0 Å². The quantitative estimate of drug-likeness (QED) is 0.397. The summed E-state index contributed by atoms with van der Waals surface area (Å²) in [6.45, 7) is 10.2. The van der Waals surface area contributed by atoms with Crippen LogP contribution in [0.15, 0.2) is 85.3 Å². The van der Waals surface area contributed by atoms with Gasteiger partial charge in [-0.15, -0.1) is 0 Å². The molecule has 0 fully saturated rings. The molecule has 2 aliphatic heterocycles. The zero-order valence-corrected chi connectivity index (χ0v) is 20.1. The van der Waals surface area contributed by atoms with E-state index in [2.05, 4.69) is 103 Å². The maximum Gasteiger partial charge on any atom is 0.183 e. The van der Waals surface area contributed by atoms with E-state index in [4.69, 9.17) is 4.74 Å². The molecule has 0 aromatic heterocycles. The van der Waals surface area contributed by atoms with Crippen molar-refractivity contribution >= 4 is 11.4 Å². The molecule has 5 rings (SSSR count). The van der Waals surface area contributed by atoms with Crippen LogP contribution in [-0.2, 0) is 15.6 Å². The van der Waals surface area contributed by atoms with Gasteiger partial charge in [0, 0.05) is 35.3 Å². The van der Waals surface area contributed by atoms with Gasteiger partial charge >= 0.3 is 0 Å². The molecule has 0 bridgehead atoms. The minimum absolute atomic E-state index is 0.000863. The summed E-state index contributed by atoms with van der Waals surface area (Å²) >= 11 is 0. The molecule has 2 heterocycles. The van der Waals surface area contributed by atoms with E-state index in [9.17, 15) is 4.39 Å². The van der Waals surface area contributed by atoms with E-state index in [1.54, 1.807) is 0 Å². The Bertz CT molecular complexity index is 1100. The topological polar surface area (TPSA) is 24.5 Å². The summed E-state index contributed by atoms with van der Waals surface area (Å²) in [5, 5.41) is 3.32. The van der Waals surface area contributed by atoms with Gasteiger partial charge in [-0.1, -0.05) is 74.5 Å². The maximum atomic E-state index is 12.7. The Morgan fingerprint density at radius 1 is 0.912 bits per heavy atom. The maximum absolute atomic E-state index is 12.7. The zero-order valence-electron chi connectivity index (χ0n) is 20.1. The number of ether oxygens (including phenoxy) is 1. The van der Waals surface area contributed by atoms with E-state index >= 15 is 0 Å². The van der Waals surface area contributed by atoms with Crippen molar-refractivity contribution in [2.75, 3.05) is 36.6 Å². The minimum Gasteiger partial charge on any atom is -0.477 e. The van der Waals surface area contributed by atoms with Crippen LogP contribution in [0.4, 0.5) is 15.8 Å². The van der Waals surface area contributed by atoms with Crippen LogP contribution in [0.1, 0.15) is 48.9 Å². The fraction of sp³-hybridized carbons (Fsp3) is 0.333. The summed E-state index contributed by atoms with van der Waals surface area (Å²) in [5.74, 6) is 0.371. The van der Waals surface area contributed by atoms with Crippen LogP contribution < -0.4 is 10.2 Å². The van der Waals surface area contributed by atoms with Crippen molar-refractivity contribution in [1.29, 1.82) is 0 Å². The molecule has 4 heteroatoms. The second kappa shape index (κ2) is 8.83. The highest BCUT2D eigenvalue weighted by Gasteiger charge is 2.44. The van der Waals surface area contributed by atoms with Crippen molar-refractivity contribution in [2.24, 2.45) is 0 Å². The molecule has 176 valence electrons. The average molecular weight is 457 g/mol. The van der Waals surface area contributed by atoms with Crippen molar-refractivity contribution in [1.82, 2.24) is 0 Å². The van der Waals surface area contributed by atoms with Gasteiger partial charge in [-0.05, 0) is 53.8 Å². The summed E-state index contributed by atoms with van der Waals surface area (Å²) in [6, 6.07) is 26.1. The van der Waals surface area contributed by atoms with Crippen LogP contribution >= 0.6 is 0 Å². The van der Waals surface area contributed by atoms with Crippen LogP contribution in [0, 0.1) is 0 Å². The summed E-state index contributed by atoms with van der Waals surface area (Å²) in [7, 11) is 0. The summed E-state index contributed by atoms with van der Waals surface area (Å²) in [4.78, 5) is 2.57. The summed E-state index contributed by atoms with van der Waals surface area (Å²) < 4.78 is 18.1. The lowest BCUT2D eigenvalue weighted by Gasteiger charge is -2.50. The Labute approximate surface area is 202 Å². The van der Waals surface area contributed by atoms with Crippen LogP contribution in [-0.4, -0.2) is 26.4 Å². The summed E-state index contributed by atoms with van der Waals surface area (Å²) in [5.41, 5.74) is 7.37. The summed E-state index contributed by atoms with van der Waals surface area (Å²) in [6.07, 6.45) is 2.10. The normalized spacial score (nSPS) is 23.2. The number of hydrogen-bond donors (Lipinski definition) is 1. The Morgan fingerprint density at radius 2 is 1.41 bits per heavy atom. The molecule has 0 aliphatic carbocycles. The first-order valence-corrected chi connectivity index (χ1v) is 12.2. The highest BCUT2D eigenvalue weighted by molar-refractivity contribution is 5.75. The lowest BCUT2D eigenvalue weighted by atomic mass is 9.64. The molecule has 3 aromatic rings. The second-order valence-electron chi connectivity index (χ2n) is 9.89. The van der Waals surface area contributed by atoms with Gasteiger partial charge in [0.25, 0.3) is 0 Å². The molecule has 0 radical (unpaired) electrons. The third kappa shape index (κ3) is 3.75. The van der Waals surface area contributed by atoms with Gasteiger partial charge in [-0.3, -0.25) is 0 Å². The SMILES string of the molecule is C=C(Nc1cc2c3c(c1)[C@](C)(c1ccccc1)CCN3CC[C@@]2(C)c1ccccc1)OCCF. The van der Waals surface area contributed by atoms with Gasteiger partial charge in [-0.25, -0.2) is 4.39 Å². The number of rotatable bonds is 7. The van der Waals surface area contributed by atoms with Crippen LogP contribution in [0.25, 0.3) is 0 Å². The van der Waals surface area contributed by atoms with Gasteiger partial charge in [0.05, 0.1) is 0 Å². The average Bonchev–Trinajstić information content (AvgIpc) is 2.87. The largest absolute Gasteiger partial charge is 0.477 e. The molecular formula is C30H33FN2O. The Kier molecular flexibility index (Phi) is 5.85. The lowest BCUT2D eigenvalue weighted by Crippen LogP contribution is -2.46. The molecule has 0 saturated heterocycles. The molecule has 0 unspecified atom stereocenters. The van der Waals surface area contributed by atoms with E-state index in [-0.39, 0.29) is 17.4 Å². The third-order valence-electron chi connectivity index (χ3n) is 7.84. The van der Waals surface area contributed by atoms with E-state index in [0.717, 1.165) is 31.6 Å². The van der Waals surface area contributed by atoms with Gasteiger partial charge in [0.15, 0.2) is 5.88 Å². The van der Waals surface area contributed by atoms with E-state index in [1.165, 1.54) is 27.9 Å².